The maximum atomic E-state index is 5.16. The van der Waals surface area contributed by atoms with Crippen molar-refractivity contribution in [3.63, 3.8) is 0 Å². The molecule has 0 saturated carbocycles. The molecule has 8 aromatic rings. The molecule has 4 nitrogen and oxygen atoms in total. The van der Waals surface area contributed by atoms with E-state index in [4.69, 9.17) is 15.0 Å². The van der Waals surface area contributed by atoms with Gasteiger partial charge in [-0.3, -0.25) is 0 Å². The predicted octanol–water partition coefficient (Wildman–Crippen LogP) is 9.03. The van der Waals surface area contributed by atoms with Crippen LogP contribution in [0.1, 0.15) is 25.0 Å². The number of aromatic nitrogens is 3. The molecule has 7 aromatic carbocycles. The third-order valence-electron chi connectivity index (χ3n) is 11.4. The SMILES string of the molecule is CC1(C)C(N2c3ccccc3[Si](c3ccccc3)(c3ccccc3)c3ccccc32)=Cc2c(-c3nc(-c4ccccc4)nc(-c4ccccc4)n3)cccc21. The van der Waals surface area contributed by atoms with Gasteiger partial charge in [-0.1, -0.05) is 190 Å². The summed E-state index contributed by atoms with van der Waals surface area (Å²) in [6.07, 6.45) is 2.39. The van der Waals surface area contributed by atoms with Crippen LogP contribution in [-0.2, 0) is 5.41 Å². The Morgan fingerprint density at radius 2 is 0.873 bits per heavy atom. The van der Waals surface area contributed by atoms with Crippen LogP contribution in [0.15, 0.2) is 194 Å². The van der Waals surface area contributed by atoms with Crippen molar-refractivity contribution in [3.8, 4) is 34.2 Å². The lowest BCUT2D eigenvalue weighted by Gasteiger charge is -2.47. The van der Waals surface area contributed by atoms with Gasteiger partial charge in [-0.05, 0) is 50.1 Å². The quantitative estimate of drug-likeness (QED) is 0.161. The number of nitrogens with zero attached hydrogens (tertiary/aromatic N) is 4. The molecular formula is C50H38N4Si. The van der Waals surface area contributed by atoms with Gasteiger partial charge in [-0.25, -0.2) is 15.0 Å². The first-order chi connectivity index (χ1) is 27.0. The Labute approximate surface area is 323 Å². The maximum Gasteiger partial charge on any atom is 0.184 e. The summed E-state index contributed by atoms with van der Waals surface area (Å²) in [6, 6.07) is 67.6. The summed E-state index contributed by atoms with van der Waals surface area (Å²) < 4.78 is 0. The van der Waals surface area contributed by atoms with Crippen LogP contribution in [0, 0.1) is 0 Å². The largest absolute Gasteiger partial charge is 0.313 e. The van der Waals surface area contributed by atoms with E-state index in [9.17, 15) is 0 Å². The lowest BCUT2D eigenvalue weighted by molar-refractivity contribution is 0.626. The van der Waals surface area contributed by atoms with E-state index in [-0.39, 0.29) is 5.41 Å². The summed E-state index contributed by atoms with van der Waals surface area (Å²) in [5, 5.41) is 5.53. The molecule has 1 aromatic heterocycles. The summed E-state index contributed by atoms with van der Waals surface area (Å²) in [6.45, 7) is 4.71. The van der Waals surface area contributed by atoms with Gasteiger partial charge in [0.1, 0.15) is 0 Å². The van der Waals surface area contributed by atoms with E-state index >= 15 is 0 Å². The Hall–Kier alpha value is -6.69. The van der Waals surface area contributed by atoms with Crippen molar-refractivity contribution in [1.29, 1.82) is 0 Å². The van der Waals surface area contributed by atoms with Gasteiger partial charge in [0.2, 0.25) is 0 Å². The molecule has 0 bridgehead atoms. The fourth-order valence-electron chi connectivity index (χ4n) is 8.86. The summed E-state index contributed by atoms with van der Waals surface area (Å²) in [7, 11) is -2.73. The van der Waals surface area contributed by atoms with Crippen LogP contribution >= 0.6 is 0 Å². The third kappa shape index (κ3) is 5.15. The van der Waals surface area contributed by atoms with Crippen molar-refractivity contribution in [3.05, 3.63) is 205 Å². The Morgan fingerprint density at radius 1 is 0.436 bits per heavy atom. The number of anilines is 2. The molecule has 0 atom stereocenters. The van der Waals surface area contributed by atoms with Crippen molar-refractivity contribution in [2.24, 2.45) is 0 Å². The third-order valence-corrected chi connectivity index (χ3v) is 16.3. The van der Waals surface area contributed by atoms with E-state index in [2.05, 4.69) is 176 Å². The first-order valence-electron chi connectivity index (χ1n) is 18.9. The average molecular weight is 723 g/mol. The van der Waals surface area contributed by atoms with Crippen LogP contribution in [0.2, 0.25) is 0 Å². The lowest BCUT2D eigenvalue weighted by Crippen LogP contribution is -2.77. The molecule has 0 N–H and O–H groups in total. The van der Waals surface area contributed by atoms with Gasteiger partial charge < -0.3 is 4.90 Å². The van der Waals surface area contributed by atoms with E-state index < -0.39 is 8.07 Å². The standard InChI is InChI=1S/C50H38N4Si/c1-50(2)41-29-19-28-39(49-52-47(35-20-7-3-8-21-35)51-48(53-49)36-22-9-4-10-23-36)40(41)34-46(50)54-42-30-15-17-32-44(42)55(37-24-11-5-12-25-37,38-26-13-6-14-27-38)45-33-18-16-31-43(45)54/h3-34H,1-2H3. The van der Waals surface area contributed by atoms with Crippen molar-refractivity contribution in [1.82, 2.24) is 15.0 Å². The van der Waals surface area contributed by atoms with Crippen molar-refractivity contribution in [2.75, 3.05) is 4.90 Å². The lowest BCUT2D eigenvalue weighted by atomic mass is 9.83. The van der Waals surface area contributed by atoms with E-state index in [0.29, 0.717) is 17.5 Å². The maximum absolute atomic E-state index is 5.16. The molecule has 2 aliphatic rings. The van der Waals surface area contributed by atoms with Crippen LogP contribution < -0.4 is 25.6 Å². The minimum absolute atomic E-state index is 0.343. The normalized spacial score (nSPS) is 14.7. The molecular weight excluding hydrogens is 685 g/mol. The fraction of sp³-hybridized carbons (Fsp3) is 0.0600. The number of allylic oxidation sites excluding steroid dienone is 1. The molecule has 5 heteroatoms. The minimum atomic E-state index is -2.73. The number of para-hydroxylation sites is 2. The number of hydrogen-bond acceptors (Lipinski definition) is 4. The van der Waals surface area contributed by atoms with Crippen molar-refractivity contribution < 1.29 is 0 Å². The van der Waals surface area contributed by atoms with Crippen molar-refractivity contribution >= 4 is 46.3 Å². The van der Waals surface area contributed by atoms with Crippen LogP contribution in [0.25, 0.3) is 40.2 Å². The number of fused-ring (bicyclic) bond motifs is 3. The second kappa shape index (κ2) is 13.0. The van der Waals surface area contributed by atoms with Crippen LogP contribution in [0.4, 0.5) is 11.4 Å². The molecule has 2 heterocycles. The molecule has 55 heavy (non-hydrogen) atoms. The Bertz CT molecular complexity index is 2580. The molecule has 0 spiro atoms. The zero-order chi connectivity index (χ0) is 37.0. The van der Waals surface area contributed by atoms with Gasteiger partial charge in [0.25, 0.3) is 0 Å². The van der Waals surface area contributed by atoms with Crippen LogP contribution in [-0.4, -0.2) is 23.0 Å². The van der Waals surface area contributed by atoms with Gasteiger partial charge >= 0.3 is 0 Å². The molecule has 0 unspecified atom stereocenters. The molecule has 1 aliphatic heterocycles. The number of rotatable bonds is 6. The number of benzene rings is 7. The van der Waals surface area contributed by atoms with E-state index in [1.807, 2.05) is 36.4 Å². The average Bonchev–Trinajstić information content (AvgIpc) is 3.53. The molecule has 0 amide bonds. The highest BCUT2D eigenvalue weighted by Crippen LogP contribution is 2.50. The first kappa shape index (κ1) is 32.9. The highest BCUT2D eigenvalue weighted by atomic mass is 28.3. The summed E-state index contributed by atoms with van der Waals surface area (Å²) in [5.74, 6) is 1.98. The fourth-order valence-corrected chi connectivity index (χ4v) is 14.0. The number of hydrogen-bond donors (Lipinski definition) is 0. The molecule has 0 saturated heterocycles. The zero-order valence-corrected chi connectivity index (χ0v) is 31.8. The van der Waals surface area contributed by atoms with E-state index in [1.165, 1.54) is 43.4 Å². The monoisotopic (exact) mass is 722 g/mol. The first-order valence-corrected chi connectivity index (χ1v) is 20.9. The molecule has 262 valence electrons. The Balaban J connectivity index is 1.20. The Kier molecular flexibility index (Phi) is 7.79. The van der Waals surface area contributed by atoms with E-state index in [0.717, 1.165) is 22.3 Å². The van der Waals surface area contributed by atoms with Gasteiger partial charge in [0.15, 0.2) is 25.5 Å². The smallest absolute Gasteiger partial charge is 0.184 e. The molecule has 0 fully saturated rings. The summed E-state index contributed by atoms with van der Waals surface area (Å²) in [4.78, 5) is 17.8. The predicted molar refractivity (Wildman–Crippen MR) is 229 cm³/mol. The Morgan fingerprint density at radius 3 is 1.38 bits per heavy atom. The molecule has 0 radical (unpaired) electrons. The summed E-state index contributed by atoms with van der Waals surface area (Å²) in [5.41, 5.74) is 8.63. The van der Waals surface area contributed by atoms with Crippen molar-refractivity contribution in [2.45, 2.75) is 19.3 Å². The van der Waals surface area contributed by atoms with Crippen LogP contribution in [0.5, 0.6) is 0 Å². The van der Waals surface area contributed by atoms with Gasteiger partial charge in [-0.2, -0.15) is 0 Å². The second-order valence-corrected chi connectivity index (χ2v) is 18.5. The molecule has 1 aliphatic carbocycles. The van der Waals surface area contributed by atoms with Gasteiger partial charge in [-0.15, -0.1) is 0 Å². The topological polar surface area (TPSA) is 41.9 Å². The highest BCUT2D eigenvalue weighted by Gasteiger charge is 2.50. The second-order valence-electron chi connectivity index (χ2n) is 14.8. The molecule has 10 rings (SSSR count). The van der Waals surface area contributed by atoms with Crippen LogP contribution in [0.3, 0.4) is 0 Å². The van der Waals surface area contributed by atoms with E-state index in [1.54, 1.807) is 0 Å². The minimum Gasteiger partial charge on any atom is -0.313 e. The highest BCUT2D eigenvalue weighted by molar-refractivity contribution is 7.21. The van der Waals surface area contributed by atoms with Gasteiger partial charge in [0.05, 0.1) is 0 Å². The van der Waals surface area contributed by atoms with Gasteiger partial charge in [0, 0.05) is 39.2 Å². The summed E-state index contributed by atoms with van der Waals surface area (Å²) >= 11 is 0. The zero-order valence-electron chi connectivity index (χ0n) is 30.8.